The van der Waals surface area contributed by atoms with Crippen LogP contribution in [0.3, 0.4) is 0 Å². The Balaban J connectivity index is 2.67. The SMILES string of the molecule is CNCCCNCc1cc(Br)c(OCC(N)=O)c(OC)c1. The van der Waals surface area contributed by atoms with E-state index in [1.54, 1.807) is 7.11 Å². The number of halogens is 1. The van der Waals surface area contributed by atoms with Gasteiger partial charge in [0, 0.05) is 6.54 Å². The highest BCUT2D eigenvalue weighted by atomic mass is 79.9. The van der Waals surface area contributed by atoms with Gasteiger partial charge in [0.05, 0.1) is 11.6 Å². The number of carbonyl (C=O) groups is 1. The third kappa shape index (κ3) is 6.33. The Bertz CT molecular complexity index is 469. The molecule has 0 spiro atoms. The summed E-state index contributed by atoms with van der Waals surface area (Å²) in [5.41, 5.74) is 6.15. The summed E-state index contributed by atoms with van der Waals surface area (Å²) in [4.78, 5) is 10.8. The fourth-order valence-electron chi connectivity index (χ4n) is 1.78. The first-order chi connectivity index (χ1) is 10.1. The molecule has 21 heavy (non-hydrogen) atoms. The maximum absolute atomic E-state index is 10.8. The van der Waals surface area contributed by atoms with Crippen molar-refractivity contribution in [2.45, 2.75) is 13.0 Å². The Kier molecular flexibility index (Phi) is 8.11. The number of methoxy groups -OCH3 is 1. The van der Waals surface area contributed by atoms with Gasteiger partial charge in [0.25, 0.3) is 5.91 Å². The topological polar surface area (TPSA) is 85.6 Å². The molecule has 6 nitrogen and oxygen atoms in total. The van der Waals surface area contributed by atoms with E-state index in [4.69, 9.17) is 15.2 Å². The van der Waals surface area contributed by atoms with Crippen LogP contribution in [0.5, 0.6) is 11.5 Å². The minimum Gasteiger partial charge on any atom is -0.493 e. The van der Waals surface area contributed by atoms with Crippen LogP contribution in [0.15, 0.2) is 16.6 Å². The molecule has 0 radical (unpaired) electrons. The molecule has 0 saturated carbocycles. The predicted molar refractivity (Wildman–Crippen MR) is 85.6 cm³/mol. The smallest absolute Gasteiger partial charge is 0.255 e. The standard InChI is InChI=1S/C14H22BrN3O3/c1-17-4-3-5-18-8-10-6-11(15)14(12(7-10)20-2)21-9-13(16)19/h6-7,17-18H,3-5,8-9H2,1-2H3,(H2,16,19). The molecule has 0 fully saturated rings. The highest BCUT2D eigenvalue weighted by molar-refractivity contribution is 9.10. The summed E-state index contributed by atoms with van der Waals surface area (Å²) < 4.78 is 11.4. The van der Waals surface area contributed by atoms with Crippen molar-refractivity contribution in [3.8, 4) is 11.5 Å². The number of ether oxygens (including phenoxy) is 2. The molecule has 4 N–H and O–H groups in total. The number of hydrogen-bond donors (Lipinski definition) is 3. The molecular formula is C14H22BrN3O3. The average Bonchev–Trinajstić information content (AvgIpc) is 2.45. The van der Waals surface area contributed by atoms with Gasteiger partial charge in [-0.05, 0) is 60.2 Å². The van der Waals surface area contributed by atoms with Crippen LogP contribution in [0.1, 0.15) is 12.0 Å². The number of rotatable bonds is 10. The minimum absolute atomic E-state index is 0.184. The van der Waals surface area contributed by atoms with Crippen LogP contribution in [-0.2, 0) is 11.3 Å². The van der Waals surface area contributed by atoms with Gasteiger partial charge < -0.3 is 25.8 Å². The van der Waals surface area contributed by atoms with Gasteiger partial charge in [0.2, 0.25) is 0 Å². The number of hydrogen-bond acceptors (Lipinski definition) is 5. The van der Waals surface area contributed by atoms with Gasteiger partial charge in [0.1, 0.15) is 0 Å². The molecular weight excluding hydrogens is 338 g/mol. The molecule has 0 aliphatic carbocycles. The summed E-state index contributed by atoms with van der Waals surface area (Å²) in [6, 6.07) is 3.82. The van der Waals surface area contributed by atoms with E-state index >= 15 is 0 Å². The second kappa shape index (κ2) is 9.59. The lowest BCUT2D eigenvalue weighted by Crippen LogP contribution is -2.21. The van der Waals surface area contributed by atoms with Crippen molar-refractivity contribution >= 4 is 21.8 Å². The van der Waals surface area contributed by atoms with E-state index in [1.165, 1.54) is 0 Å². The van der Waals surface area contributed by atoms with Crippen LogP contribution >= 0.6 is 15.9 Å². The maximum Gasteiger partial charge on any atom is 0.255 e. The van der Waals surface area contributed by atoms with Gasteiger partial charge in [0.15, 0.2) is 18.1 Å². The zero-order valence-electron chi connectivity index (χ0n) is 12.4. The molecule has 0 heterocycles. The van der Waals surface area contributed by atoms with Crippen molar-refractivity contribution < 1.29 is 14.3 Å². The third-order valence-electron chi connectivity index (χ3n) is 2.76. The number of carbonyl (C=O) groups excluding carboxylic acids is 1. The van der Waals surface area contributed by atoms with Crippen LogP contribution in [0.25, 0.3) is 0 Å². The van der Waals surface area contributed by atoms with E-state index in [0.29, 0.717) is 11.5 Å². The molecule has 0 unspecified atom stereocenters. The summed E-state index contributed by atoms with van der Waals surface area (Å²) >= 11 is 3.43. The Morgan fingerprint density at radius 2 is 2.14 bits per heavy atom. The Hall–Kier alpha value is -1.31. The van der Waals surface area contributed by atoms with Crippen molar-refractivity contribution in [3.63, 3.8) is 0 Å². The maximum atomic E-state index is 10.8. The first-order valence-electron chi connectivity index (χ1n) is 6.71. The summed E-state index contributed by atoms with van der Waals surface area (Å²) in [5.74, 6) is 0.520. The van der Waals surface area contributed by atoms with Crippen LogP contribution in [-0.4, -0.2) is 39.8 Å². The largest absolute Gasteiger partial charge is 0.493 e. The number of nitrogens with one attached hydrogen (secondary N) is 2. The van der Waals surface area contributed by atoms with Gasteiger partial charge >= 0.3 is 0 Å². The summed E-state index contributed by atoms with van der Waals surface area (Å²) in [5, 5.41) is 6.46. The lowest BCUT2D eigenvalue weighted by atomic mass is 10.2. The number of primary amides is 1. The highest BCUT2D eigenvalue weighted by Gasteiger charge is 2.12. The number of benzene rings is 1. The van der Waals surface area contributed by atoms with E-state index in [1.807, 2.05) is 19.2 Å². The molecule has 0 saturated heterocycles. The van der Waals surface area contributed by atoms with E-state index in [2.05, 4.69) is 26.6 Å². The predicted octanol–water partition coefficient (Wildman–Crippen LogP) is 1.02. The number of nitrogens with two attached hydrogens (primary N) is 1. The van der Waals surface area contributed by atoms with Gasteiger partial charge in [-0.15, -0.1) is 0 Å². The second-order valence-corrected chi connectivity index (χ2v) is 5.35. The van der Waals surface area contributed by atoms with Crippen molar-refractivity contribution in [1.82, 2.24) is 10.6 Å². The molecule has 1 rings (SSSR count). The quantitative estimate of drug-likeness (QED) is 0.543. The second-order valence-electron chi connectivity index (χ2n) is 4.50. The van der Waals surface area contributed by atoms with Crippen LogP contribution in [0.4, 0.5) is 0 Å². The first-order valence-corrected chi connectivity index (χ1v) is 7.50. The zero-order valence-corrected chi connectivity index (χ0v) is 14.0. The van der Waals surface area contributed by atoms with Crippen molar-refractivity contribution in [2.24, 2.45) is 5.73 Å². The molecule has 0 bridgehead atoms. The first kappa shape index (κ1) is 17.7. The van der Waals surface area contributed by atoms with Gasteiger partial charge in [-0.25, -0.2) is 0 Å². The Labute approximate surface area is 133 Å². The van der Waals surface area contributed by atoms with Crippen LogP contribution in [0.2, 0.25) is 0 Å². The molecule has 7 heteroatoms. The molecule has 118 valence electrons. The van der Waals surface area contributed by atoms with Crippen molar-refractivity contribution in [1.29, 1.82) is 0 Å². The van der Waals surface area contributed by atoms with E-state index in [9.17, 15) is 4.79 Å². The Morgan fingerprint density at radius 1 is 1.38 bits per heavy atom. The molecule has 0 atom stereocenters. The monoisotopic (exact) mass is 359 g/mol. The normalized spacial score (nSPS) is 10.4. The van der Waals surface area contributed by atoms with Crippen molar-refractivity contribution in [2.75, 3.05) is 33.9 Å². The van der Waals surface area contributed by atoms with Gasteiger partial charge in [-0.3, -0.25) is 4.79 Å². The highest BCUT2D eigenvalue weighted by Crippen LogP contribution is 2.36. The van der Waals surface area contributed by atoms with E-state index in [-0.39, 0.29) is 6.61 Å². The fourth-order valence-corrected chi connectivity index (χ4v) is 2.39. The Morgan fingerprint density at radius 3 is 2.76 bits per heavy atom. The van der Waals surface area contributed by atoms with E-state index in [0.717, 1.165) is 36.1 Å². The molecule has 1 aromatic carbocycles. The van der Waals surface area contributed by atoms with E-state index < -0.39 is 5.91 Å². The zero-order chi connectivity index (χ0) is 15.7. The lowest BCUT2D eigenvalue weighted by molar-refractivity contribution is -0.119. The molecule has 0 aliphatic rings. The van der Waals surface area contributed by atoms with Gasteiger partial charge in [-0.2, -0.15) is 0 Å². The summed E-state index contributed by atoms with van der Waals surface area (Å²) in [7, 11) is 3.50. The minimum atomic E-state index is -0.528. The van der Waals surface area contributed by atoms with Crippen LogP contribution in [0, 0.1) is 0 Å². The molecule has 0 aliphatic heterocycles. The average molecular weight is 360 g/mol. The van der Waals surface area contributed by atoms with Crippen molar-refractivity contribution in [3.05, 3.63) is 22.2 Å². The molecule has 1 amide bonds. The lowest BCUT2D eigenvalue weighted by Gasteiger charge is -2.14. The molecule has 1 aromatic rings. The van der Waals surface area contributed by atoms with Gasteiger partial charge in [-0.1, -0.05) is 0 Å². The summed E-state index contributed by atoms with van der Waals surface area (Å²) in [6.45, 7) is 2.46. The molecule has 0 aromatic heterocycles. The number of amides is 1. The fraction of sp³-hybridized carbons (Fsp3) is 0.500. The summed E-state index contributed by atoms with van der Waals surface area (Å²) in [6.07, 6.45) is 1.06. The third-order valence-corrected chi connectivity index (χ3v) is 3.35. The van der Waals surface area contributed by atoms with Crippen LogP contribution < -0.4 is 25.8 Å².